The van der Waals surface area contributed by atoms with Gasteiger partial charge in [-0.3, -0.25) is 4.79 Å². The van der Waals surface area contributed by atoms with Gasteiger partial charge < -0.3 is 5.32 Å². The first kappa shape index (κ1) is 4.96. The highest BCUT2D eigenvalue weighted by Gasteiger charge is 2.15. The quantitative estimate of drug-likeness (QED) is 0.425. The number of nitroso groups, excluding NO2 is 1. The molecule has 0 unspecified atom stereocenters. The first-order valence-electron chi connectivity index (χ1n) is 2.19. The number of hydrogen-bond acceptors (Lipinski definition) is 2. The van der Waals surface area contributed by atoms with E-state index in [2.05, 4.69) is 5.32 Å². The molecule has 1 rings (SSSR count). The highest BCUT2D eigenvalue weighted by atomic mass is 16.3. The number of amides is 1. The molecule has 1 aliphatic heterocycles. The summed E-state index contributed by atoms with van der Waals surface area (Å²) >= 11 is 0. The molecule has 8 heavy (non-hydrogen) atoms. The van der Waals surface area contributed by atoms with Crippen molar-refractivity contribution in [3.8, 4) is 0 Å². The average molecular weight is 113 g/mol. The Morgan fingerprint density at radius 2 is 2.50 bits per heavy atom. The molecule has 1 heterocycles. The zero-order chi connectivity index (χ0) is 5.98. The predicted octanol–water partition coefficient (Wildman–Crippen LogP) is -0.634. The van der Waals surface area contributed by atoms with Gasteiger partial charge >= 0.3 is 0 Å². The standard InChI is InChI=1S/C4H4N2O2/c7-4-3-6(8)2-1-5-4/h1-2H,3H2/p+1. The van der Waals surface area contributed by atoms with Gasteiger partial charge in [-0.15, -0.1) is 0 Å². The van der Waals surface area contributed by atoms with Crippen LogP contribution in [0.4, 0.5) is 0 Å². The summed E-state index contributed by atoms with van der Waals surface area (Å²) in [6.07, 6.45) is 2.58. The highest BCUT2D eigenvalue weighted by Crippen LogP contribution is 1.82. The van der Waals surface area contributed by atoms with Crippen molar-refractivity contribution in [3.63, 3.8) is 0 Å². The molecule has 4 heteroatoms. The zero-order valence-electron chi connectivity index (χ0n) is 4.13. The smallest absolute Gasteiger partial charge is 0.294 e. The summed E-state index contributed by atoms with van der Waals surface area (Å²) in [6, 6.07) is 0. The van der Waals surface area contributed by atoms with Crippen molar-refractivity contribution in [3.05, 3.63) is 17.3 Å². The van der Waals surface area contributed by atoms with E-state index in [0.29, 0.717) is 4.76 Å². The molecule has 0 aromatic rings. The van der Waals surface area contributed by atoms with Gasteiger partial charge in [0.2, 0.25) is 6.20 Å². The summed E-state index contributed by atoms with van der Waals surface area (Å²) in [5.74, 6) is -0.262. The number of carbonyl (C=O) groups excluding carboxylic acids is 1. The van der Waals surface area contributed by atoms with Crippen LogP contribution < -0.4 is 5.32 Å². The Hall–Kier alpha value is -1.19. The molecule has 1 amide bonds. The molecule has 0 saturated heterocycles. The minimum Gasteiger partial charge on any atom is -0.321 e. The molecule has 1 aliphatic rings. The lowest BCUT2D eigenvalue weighted by atomic mass is 10.5. The third-order valence-electron chi connectivity index (χ3n) is 0.785. The van der Waals surface area contributed by atoms with Crippen LogP contribution in [0.15, 0.2) is 12.4 Å². The SMILES string of the molecule is O=C1C[N+](=O)C=CN1. The van der Waals surface area contributed by atoms with Crippen molar-refractivity contribution >= 4 is 5.91 Å². The highest BCUT2D eigenvalue weighted by molar-refractivity contribution is 5.78. The molecule has 0 bridgehead atoms. The number of hydrogen-bond donors (Lipinski definition) is 1. The van der Waals surface area contributed by atoms with Crippen molar-refractivity contribution in [2.24, 2.45) is 0 Å². The van der Waals surface area contributed by atoms with E-state index >= 15 is 0 Å². The first-order valence-corrected chi connectivity index (χ1v) is 2.19. The van der Waals surface area contributed by atoms with Crippen molar-refractivity contribution in [1.82, 2.24) is 5.32 Å². The molecule has 1 N–H and O–H groups in total. The van der Waals surface area contributed by atoms with E-state index in [1.54, 1.807) is 0 Å². The van der Waals surface area contributed by atoms with E-state index in [1.807, 2.05) is 0 Å². The van der Waals surface area contributed by atoms with Crippen LogP contribution in [0, 0.1) is 4.91 Å². The van der Waals surface area contributed by atoms with Crippen LogP contribution in [0.2, 0.25) is 0 Å². The molecule has 0 aliphatic carbocycles. The molecule has 0 fully saturated rings. The second-order valence-corrected chi connectivity index (χ2v) is 1.46. The fourth-order valence-corrected chi connectivity index (χ4v) is 0.453. The molecule has 0 radical (unpaired) electrons. The van der Waals surface area contributed by atoms with Crippen LogP contribution in [0.1, 0.15) is 0 Å². The fourth-order valence-electron chi connectivity index (χ4n) is 0.453. The van der Waals surface area contributed by atoms with Gasteiger partial charge in [0.05, 0.1) is 6.20 Å². The van der Waals surface area contributed by atoms with Crippen molar-refractivity contribution in [1.29, 1.82) is 0 Å². The van der Waals surface area contributed by atoms with Gasteiger partial charge in [0, 0.05) is 9.67 Å². The lowest BCUT2D eigenvalue weighted by molar-refractivity contribution is -0.469. The normalized spacial score (nSPS) is 18.5. The van der Waals surface area contributed by atoms with Crippen molar-refractivity contribution in [2.75, 3.05) is 6.54 Å². The van der Waals surface area contributed by atoms with E-state index in [9.17, 15) is 9.70 Å². The van der Waals surface area contributed by atoms with E-state index < -0.39 is 0 Å². The Balaban J connectivity index is 2.68. The average Bonchev–Trinajstić information content (AvgIpc) is 1.64. The summed E-state index contributed by atoms with van der Waals surface area (Å²) in [5.41, 5.74) is 0. The van der Waals surface area contributed by atoms with Gasteiger partial charge in [-0.25, -0.2) is 0 Å². The summed E-state index contributed by atoms with van der Waals surface area (Å²) in [5, 5.41) is 2.35. The van der Waals surface area contributed by atoms with Gasteiger partial charge in [0.1, 0.15) is 0 Å². The molecule has 4 nitrogen and oxygen atoms in total. The summed E-state index contributed by atoms with van der Waals surface area (Å²) in [7, 11) is 0. The Bertz CT molecular complexity index is 161. The second-order valence-electron chi connectivity index (χ2n) is 1.46. The molecule has 42 valence electrons. The third kappa shape index (κ3) is 0.900. The molecular weight excluding hydrogens is 108 g/mol. The molecule has 0 atom stereocenters. The summed E-state index contributed by atoms with van der Waals surface area (Å²) < 4.78 is 0.568. The van der Waals surface area contributed by atoms with Gasteiger partial charge in [0.15, 0.2) is 0 Å². The Morgan fingerprint density at radius 1 is 1.75 bits per heavy atom. The lowest BCUT2D eigenvalue weighted by Gasteiger charge is -1.94. The first-order chi connectivity index (χ1) is 3.79. The van der Waals surface area contributed by atoms with Crippen LogP contribution in [-0.4, -0.2) is 17.2 Å². The Kier molecular flexibility index (Phi) is 1.07. The van der Waals surface area contributed by atoms with Crippen LogP contribution in [0.5, 0.6) is 0 Å². The number of carbonyl (C=O) groups is 1. The topological polar surface area (TPSA) is 49.2 Å². The molecular formula is C4H5N2O2+. The predicted molar refractivity (Wildman–Crippen MR) is 25.8 cm³/mol. The van der Waals surface area contributed by atoms with Gasteiger partial charge in [0.25, 0.3) is 12.5 Å². The van der Waals surface area contributed by atoms with Crippen LogP contribution >= 0.6 is 0 Å². The Labute approximate surface area is 45.8 Å². The van der Waals surface area contributed by atoms with Gasteiger partial charge in [-0.1, -0.05) is 0 Å². The van der Waals surface area contributed by atoms with E-state index in [0.717, 1.165) is 0 Å². The summed E-state index contributed by atoms with van der Waals surface area (Å²) in [6.45, 7) is -0.0868. The lowest BCUT2D eigenvalue weighted by Crippen LogP contribution is -2.30. The second kappa shape index (κ2) is 1.73. The van der Waals surface area contributed by atoms with Crippen LogP contribution in [-0.2, 0) is 4.79 Å². The molecule has 0 spiro atoms. The minimum atomic E-state index is -0.262. The van der Waals surface area contributed by atoms with E-state index in [-0.39, 0.29) is 12.5 Å². The third-order valence-corrected chi connectivity index (χ3v) is 0.785. The summed E-state index contributed by atoms with van der Waals surface area (Å²) in [4.78, 5) is 20.5. The number of nitrogens with one attached hydrogen (secondary N) is 1. The maximum atomic E-state index is 10.3. The number of nitrogens with zero attached hydrogens (tertiary/aromatic N) is 1. The monoisotopic (exact) mass is 113 g/mol. The van der Waals surface area contributed by atoms with Gasteiger partial charge in [-0.2, -0.15) is 0 Å². The maximum absolute atomic E-state index is 10.3. The van der Waals surface area contributed by atoms with E-state index in [4.69, 9.17) is 0 Å². The molecule has 0 aromatic carbocycles. The fraction of sp³-hybridized carbons (Fsp3) is 0.250. The number of rotatable bonds is 0. The van der Waals surface area contributed by atoms with Gasteiger partial charge in [-0.05, 0) is 0 Å². The van der Waals surface area contributed by atoms with E-state index in [1.165, 1.54) is 12.4 Å². The zero-order valence-corrected chi connectivity index (χ0v) is 4.13. The van der Waals surface area contributed by atoms with Crippen LogP contribution in [0.25, 0.3) is 0 Å². The van der Waals surface area contributed by atoms with Crippen molar-refractivity contribution < 1.29 is 9.55 Å². The Morgan fingerprint density at radius 3 is 2.88 bits per heavy atom. The molecule has 0 aromatic heterocycles. The maximum Gasteiger partial charge on any atom is 0.294 e. The van der Waals surface area contributed by atoms with Crippen molar-refractivity contribution in [2.45, 2.75) is 0 Å². The minimum absolute atomic E-state index is 0.0868. The van der Waals surface area contributed by atoms with Crippen LogP contribution in [0.3, 0.4) is 0 Å². The largest absolute Gasteiger partial charge is 0.321 e. The molecule has 0 saturated carbocycles.